The summed E-state index contributed by atoms with van der Waals surface area (Å²) >= 11 is 0. The predicted molar refractivity (Wildman–Crippen MR) is 59.2 cm³/mol. The molecule has 1 atom stereocenters. The Morgan fingerprint density at radius 3 is 2.80 bits per heavy atom. The van der Waals surface area contributed by atoms with Crippen LogP contribution in [0.3, 0.4) is 0 Å². The Balaban J connectivity index is 2.57. The molecule has 0 fully saturated rings. The number of aldehydes is 1. The van der Waals surface area contributed by atoms with Crippen molar-refractivity contribution in [1.82, 2.24) is 4.98 Å². The van der Waals surface area contributed by atoms with Crippen molar-refractivity contribution in [3.05, 3.63) is 23.9 Å². The first-order valence-electron chi connectivity index (χ1n) is 4.94. The summed E-state index contributed by atoms with van der Waals surface area (Å²) in [6.45, 7) is 2.50. The molecule has 0 bridgehead atoms. The maximum absolute atomic E-state index is 10.4. The van der Waals surface area contributed by atoms with Gasteiger partial charge in [0.1, 0.15) is 5.82 Å². The van der Waals surface area contributed by atoms with E-state index < -0.39 is 0 Å². The molecule has 0 saturated carbocycles. The van der Waals surface area contributed by atoms with Crippen LogP contribution >= 0.6 is 0 Å². The van der Waals surface area contributed by atoms with Gasteiger partial charge in [-0.1, -0.05) is 0 Å². The van der Waals surface area contributed by atoms with Gasteiger partial charge in [0.2, 0.25) is 0 Å². The van der Waals surface area contributed by atoms with Crippen molar-refractivity contribution in [2.24, 2.45) is 0 Å². The van der Waals surface area contributed by atoms with Crippen molar-refractivity contribution in [2.45, 2.75) is 19.4 Å². The van der Waals surface area contributed by atoms with Crippen molar-refractivity contribution >= 4 is 12.1 Å². The van der Waals surface area contributed by atoms with E-state index in [1.165, 1.54) is 0 Å². The number of hydrogen-bond acceptors (Lipinski definition) is 4. The molecule has 15 heavy (non-hydrogen) atoms. The SMILES string of the molecule is CC(O)CCN(C)c1ccc(C=O)cn1. The summed E-state index contributed by atoms with van der Waals surface area (Å²) in [6, 6.07) is 3.53. The Bertz CT molecular complexity index is 309. The third-order valence-corrected chi connectivity index (χ3v) is 2.18. The Labute approximate surface area is 89.6 Å². The fraction of sp³-hybridized carbons (Fsp3) is 0.455. The van der Waals surface area contributed by atoms with Crippen molar-refractivity contribution < 1.29 is 9.90 Å². The fourth-order valence-corrected chi connectivity index (χ4v) is 1.19. The van der Waals surface area contributed by atoms with E-state index in [1.54, 1.807) is 25.3 Å². The van der Waals surface area contributed by atoms with Gasteiger partial charge in [-0.25, -0.2) is 4.98 Å². The minimum absolute atomic E-state index is 0.304. The van der Waals surface area contributed by atoms with Gasteiger partial charge in [-0.05, 0) is 25.5 Å². The van der Waals surface area contributed by atoms with E-state index in [-0.39, 0.29) is 6.10 Å². The van der Waals surface area contributed by atoms with E-state index in [4.69, 9.17) is 5.11 Å². The summed E-state index contributed by atoms with van der Waals surface area (Å²) in [5.74, 6) is 0.807. The number of rotatable bonds is 5. The lowest BCUT2D eigenvalue weighted by molar-refractivity contribution is 0.112. The standard InChI is InChI=1S/C11H16N2O2/c1-9(15)5-6-13(2)11-4-3-10(8-14)7-12-11/h3-4,7-9,15H,5-6H2,1-2H3. The zero-order chi connectivity index (χ0) is 11.3. The second-order valence-corrected chi connectivity index (χ2v) is 3.63. The molecule has 0 aromatic carbocycles. The number of aliphatic hydroxyl groups excluding tert-OH is 1. The summed E-state index contributed by atoms with van der Waals surface area (Å²) in [4.78, 5) is 16.5. The number of aromatic nitrogens is 1. The number of anilines is 1. The highest BCUT2D eigenvalue weighted by molar-refractivity contribution is 5.74. The van der Waals surface area contributed by atoms with Crippen LogP contribution in [0.15, 0.2) is 18.3 Å². The van der Waals surface area contributed by atoms with Crippen molar-refractivity contribution in [2.75, 3.05) is 18.5 Å². The lowest BCUT2D eigenvalue weighted by Gasteiger charge is -2.18. The first kappa shape index (κ1) is 11.7. The molecule has 0 amide bonds. The molecule has 1 heterocycles. The first-order valence-corrected chi connectivity index (χ1v) is 4.94. The second kappa shape index (κ2) is 5.46. The molecule has 0 spiro atoms. The minimum Gasteiger partial charge on any atom is -0.393 e. The zero-order valence-electron chi connectivity index (χ0n) is 9.05. The van der Waals surface area contributed by atoms with Gasteiger partial charge in [-0.15, -0.1) is 0 Å². The molecule has 0 aliphatic heterocycles. The van der Waals surface area contributed by atoms with Crippen LogP contribution in [0.5, 0.6) is 0 Å². The molecule has 1 N–H and O–H groups in total. The van der Waals surface area contributed by atoms with Gasteiger partial charge in [-0.3, -0.25) is 4.79 Å². The summed E-state index contributed by atoms with van der Waals surface area (Å²) in [6.07, 6.45) is 2.71. The molecule has 0 radical (unpaired) electrons. The Morgan fingerprint density at radius 1 is 1.60 bits per heavy atom. The van der Waals surface area contributed by atoms with Gasteiger partial charge in [0, 0.05) is 25.4 Å². The average Bonchev–Trinajstić information content (AvgIpc) is 2.26. The maximum atomic E-state index is 10.4. The molecular weight excluding hydrogens is 192 g/mol. The molecular formula is C11H16N2O2. The van der Waals surface area contributed by atoms with E-state index in [2.05, 4.69) is 4.98 Å². The normalized spacial score (nSPS) is 12.2. The highest BCUT2D eigenvalue weighted by Gasteiger charge is 2.03. The van der Waals surface area contributed by atoms with Gasteiger partial charge < -0.3 is 10.0 Å². The van der Waals surface area contributed by atoms with Crippen LogP contribution in [0.25, 0.3) is 0 Å². The Kier molecular flexibility index (Phi) is 4.24. The minimum atomic E-state index is -0.304. The van der Waals surface area contributed by atoms with Crippen LogP contribution in [0, 0.1) is 0 Å². The van der Waals surface area contributed by atoms with Crippen molar-refractivity contribution in [1.29, 1.82) is 0 Å². The second-order valence-electron chi connectivity index (χ2n) is 3.63. The molecule has 0 saturated heterocycles. The zero-order valence-corrected chi connectivity index (χ0v) is 9.05. The molecule has 1 unspecified atom stereocenters. The Morgan fingerprint density at radius 2 is 2.33 bits per heavy atom. The summed E-state index contributed by atoms with van der Waals surface area (Å²) in [5, 5.41) is 9.14. The molecule has 82 valence electrons. The lowest BCUT2D eigenvalue weighted by atomic mass is 10.2. The van der Waals surface area contributed by atoms with Crippen LogP contribution in [-0.4, -0.2) is 36.1 Å². The smallest absolute Gasteiger partial charge is 0.151 e. The molecule has 1 rings (SSSR count). The third-order valence-electron chi connectivity index (χ3n) is 2.18. The fourth-order valence-electron chi connectivity index (χ4n) is 1.19. The van der Waals surface area contributed by atoms with Crippen LogP contribution < -0.4 is 4.90 Å². The third kappa shape index (κ3) is 3.67. The summed E-state index contributed by atoms with van der Waals surface area (Å²) in [7, 11) is 1.91. The highest BCUT2D eigenvalue weighted by atomic mass is 16.3. The molecule has 4 nitrogen and oxygen atoms in total. The number of carbonyl (C=O) groups is 1. The largest absolute Gasteiger partial charge is 0.393 e. The molecule has 0 aliphatic carbocycles. The van der Waals surface area contributed by atoms with Crippen LogP contribution in [0.2, 0.25) is 0 Å². The van der Waals surface area contributed by atoms with Crippen molar-refractivity contribution in [3.8, 4) is 0 Å². The van der Waals surface area contributed by atoms with Gasteiger partial charge in [0.05, 0.1) is 6.10 Å². The highest BCUT2D eigenvalue weighted by Crippen LogP contribution is 2.09. The van der Waals surface area contributed by atoms with E-state index in [0.717, 1.165) is 18.6 Å². The molecule has 4 heteroatoms. The molecule has 1 aromatic rings. The molecule has 1 aromatic heterocycles. The number of hydrogen-bond donors (Lipinski definition) is 1. The topological polar surface area (TPSA) is 53.4 Å². The number of aliphatic hydroxyl groups is 1. The lowest BCUT2D eigenvalue weighted by Crippen LogP contribution is -2.22. The summed E-state index contributed by atoms with van der Waals surface area (Å²) in [5.41, 5.74) is 0.572. The van der Waals surface area contributed by atoms with Crippen LogP contribution in [0.4, 0.5) is 5.82 Å². The van der Waals surface area contributed by atoms with Crippen molar-refractivity contribution in [3.63, 3.8) is 0 Å². The van der Waals surface area contributed by atoms with E-state index in [1.807, 2.05) is 11.9 Å². The number of nitrogens with zero attached hydrogens (tertiary/aromatic N) is 2. The maximum Gasteiger partial charge on any atom is 0.151 e. The average molecular weight is 208 g/mol. The summed E-state index contributed by atoms with van der Waals surface area (Å²) < 4.78 is 0. The number of carbonyl (C=O) groups excluding carboxylic acids is 1. The van der Waals surface area contributed by atoms with Gasteiger partial charge in [-0.2, -0.15) is 0 Å². The Hall–Kier alpha value is -1.42. The van der Waals surface area contributed by atoms with Crippen LogP contribution in [0.1, 0.15) is 23.7 Å². The van der Waals surface area contributed by atoms with E-state index >= 15 is 0 Å². The monoisotopic (exact) mass is 208 g/mol. The van der Waals surface area contributed by atoms with E-state index in [0.29, 0.717) is 12.0 Å². The van der Waals surface area contributed by atoms with Crippen LogP contribution in [-0.2, 0) is 0 Å². The first-order chi connectivity index (χ1) is 7.13. The number of pyridine rings is 1. The van der Waals surface area contributed by atoms with Gasteiger partial charge >= 0.3 is 0 Å². The van der Waals surface area contributed by atoms with Gasteiger partial charge in [0.25, 0.3) is 0 Å². The predicted octanol–water partition coefficient (Wildman–Crippen LogP) is 1.10. The molecule has 0 aliphatic rings. The van der Waals surface area contributed by atoms with E-state index in [9.17, 15) is 4.79 Å². The quantitative estimate of drug-likeness (QED) is 0.736. The van der Waals surface area contributed by atoms with Gasteiger partial charge in [0.15, 0.2) is 6.29 Å².